The van der Waals surface area contributed by atoms with Gasteiger partial charge in [-0.3, -0.25) is 4.79 Å². The normalized spacial score (nSPS) is 11.4. The topological polar surface area (TPSA) is 58.4 Å². The predicted octanol–water partition coefficient (Wildman–Crippen LogP) is 1.53. The molecule has 1 heterocycles. The van der Waals surface area contributed by atoms with Crippen LogP contribution >= 0.6 is 0 Å². The Kier molecular flexibility index (Phi) is 6.29. The number of carbonyl (C=O) groups excluding carboxylic acids is 1. The maximum absolute atomic E-state index is 11.7. The average Bonchev–Trinajstić information content (AvgIpc) is 2.77. The molecule has 0 fully saturated rings. The Balaban J connectivity index is 2.54. The molecule has 1 amide bonds. The Morgan fingerprint density at radius 1 is 1.37 bits per heavy atom. The number of likely N-dealkylation sites (N-methyl/N-ethyl adjacent to an activating group) is 1. The Morgan fingerprint density at radius 2 is 2.11 bits per heavy atom. The van der Waals surface area contributed by atoms with Crippen molar-refractivity contribution < 1.29 is 9.32 Å². The lowest BCUT2D eigenvalue weighted by molar-refractivity contribution is -0.116. The molecule has 19 heavy (non-hydrogen) atoms. The summed E-state index contributed by atoms with van der Waals surface area (Å²) in [5.41, 5.74) is 1.94. The van der Waals surface area contributed by atoms with E-state index in [2.05, 4.69) is 10.5 Å². The molecule has 0 aliphatic heterocycles. The highest BCUT2D eigenvalue weighted by atomic mass is 16.5. The fourth-order valence-corrected chi connectivity index (χ4v) is 1.74. The van der Waals surface area contributed by atoms with Crippen LogP contribution in [0.15, 0.2) is 16.7 Å². The first-order valence-electron chi connectivity index (χ1n) is 6.63. The summed E-state index contributed by atoms with van der Waals surface area (Å²) in [4.78, 5) is 13.6. The molecule has 1 N–H and O–H groups in total. The number of hydrogen-bond donors (Lipinski definition) is 1. The van der Waals surface area contributed by atoms with Gasteiger partial charge in [-0.1, -0.05) is 25.1 Å². The molecule has 0 unspecified atom stereocenters. The summed E-state index contributed by atoms with van der Waals surface area (Å²) >= 11 is 0. The van der Waals surface area contributed by atoms with Gasteiger partial charge in [-0.25, -0.2) is 0 Å². The number of carbonyl (C=O) groups is 1. The molecule has 1 aromatic rings. The summed E-state index contributed by atoms with van der Waals surface area (Å²) in [6.07, 6.45) is 5.00. The number of rotatable bonds is 7. The van der Waals surface area contributed by atoms with Gasteiger partial charge in [-0.2, -0.15) is 0 Å². The quantitative estimate of drug-likeness (QED) is 0.760. The van der Waals surface area contributed by atoms with E-state index < -0.39 is 0 Å². The predicted molar refractivity (Wildman–Crippen MR) is 74.8 cm³/mol. The molecule has 0 spiro atoms. The van der Waals surface area contributed by atoms with E-state index in [4.69, 9.17) is 4.52 Å². The van der Waals surface area contributed by atoms with Crippen molar-refractivity contribution in [1.82, 2.24) is 15.4 Å². The van der Waals surface area contributed by atoms with Gasteiger partial charge >= 0.3 is 0 Å². The van der Waals surface area contributed by atoms with Gasteiger partial charge in [0.05, 0.1) is 5.69 Å². The maximum atomic E-state index is 11.7. The van der Waals surface area contributed by atoms with E-state index in [9.17, 15) is 4.79 Å². The number of amides is 1. The third kappa shape index (κ3) is 4.87. The molecule has 0 bridgehead atoms. The van der Waals surface area contributed by atoms with Gasteiger partial charge in [0.25, 0.3) is 0 Å². The Bertz CT molecular complexity index is 414. The number of aryl methyl sites for hydroxylation is 2. The SMILES string of the molecule is CCc1noc(CC)c1CNC(=O)/C=C/CN(C)C. The summed E-state index contributed by atoms with van der Waals surface area (Å²) in [5, 5.41) is 6.88. The first kappa shape index (κ1) is 15.4. The lowest BCUT2D eigenvalue weighted by Crippen LogP contribution is -2.22. The van der Waals surface area contributed by atoms with Crippen molar-refractivity contribution in [2.24, 2.45) is 0 Å². The molecule has 0 saturated heterocycles. The van der Waals surface area contributed by atoms with Gasteiger partial charge in [0.15, 0.2) is 0 Å². The zero-order valence-corrected chi connectivity index (χ0v) is 12.2. The minimum absolute atomic E-state index is 0.0906. The van der Waals surface area contributed by atoms with Gasteiger partial charge in [0, 0.05) is 31.1 Å². The third-order valence-corrected chi connectivity index (χ3v) is 2.79. The molecule has 0 aromatic carbocycles. The van der Waals surface area contributed by atoms with E-state index in [1.54, 1.807) is 6.08 Å². The van der Waals surface area contributed by atoms with Crippen molar-refractivity contribution in [1.29, 1.82) is 0 Å². The van der Waals surface area contributed by atoms with Crippen LogP contribution in [0.3, 0.4) is 0 Å². The fraction of sp³-hybridized carbons (Fsp3) is 0.571. The number of hydrogen-bond acceptors (Lipinski definition) is 4. The van der Waals surface area contributed by atoms with Gasteiger partial charge < -0.3 is 14.7 Å². The second kappa shape index (κ2) is 7.74. The van der Waals surface area contributed by atoms with Crippen molar-refractivity contribution in [3.63, 3.8) is 0 Å². The zero-order valence-electron chi connectivity index (χ0n) is 12.2. The van der Waals surface area contributed by atoms with Crippen LogP contribution < -0.4 is 5.32 Å². The maximum Gasteiger partial charge on any atom is 0.243 e. The molecule has 5 nitrogen and oxygen atoms in total. The van der Waals surface area contributed by atoms with E-state index in [0.29, 0.717) is 6.54 Å². The van der Waals surface area contributed by atoms with Crippen molar-refractivity contribution >= 4 is 5.91 Å². The van der Waals surface area contributed by atoms with E-state index >= 15 is 0 Å². The van der Waals surface area contributed by atoms with Crippen LogP contribution in [-0.4, -0.2) is 36.6 Å². The second-order valence-electron chi connectivity index (χ2n) is 4.62. The lowest BCUT2D eigenvalue weighted by atomic mass is 10.1. The molecular weight excluding hydrogens is 242 g/mol. The van der Waals surface area contributed by atoms with Crippen molar-refractivity contribution in [2.45, 2.75) is 33.2 Å². The molecule has 0 aliphatic carbocycles. The molecule has 1 aromatic heterocycles. The van der Waals surface area contributed by atoms with E-state index in [-0.39, 0.29) is 5.91 Å². The lowest BCUT2D eigenvalue weighted by Gasteiger charge is -2.05. The number of aromatic nitrogens is 1. The third-order valence-electron chi connectivity index (χ3n) is 2.79. The molecule has 0 aliphatic rings. The van der Waals surface area contributed by atoms with Gasteiger partial charge in [0.1, 0.15) is 5.76 Å². The summed E-state index contributed by atoms with van der Waals surface area (Å²) in [6.45, 7) is 5.27. The van der Waals surface area contributed by atoms with E-state index in [0.717, 1.165) is 36.4 Å². The summed E-state index contributed by atoms with van der Waals surface area (Å²) in [6, 6.07) is 0. The molecule has 0 radical (unpaired) electrons. The smallest absolute Gasteiger partial charge is 0.243 e. The van der Waals surface area contributed by atoms with Crippen LogP contribution in [0, 0.1) is 0 Å². The van der Waals surface area contributed by atoms with Crippen LogP contribution in [0.2, 0.25) is 0 Å². The first-order valence-corrected chi connectivity index (χ1v) is 6.63. The van der Waals surface area contributed by atoms with E-state index in [1.807, 2.05) is 38.9 Å². The van der Waals surface area contributed by atoms with Crippen molar-refractivity contribution in [2.75, 3.05) is 20.6 Å². The molecule has 5 heteroatoms. The minimum atomic E-state index is -0.0906. The summed E-state index contributed by atoms with van der Waals surface area (Å²) in [5.74, 6) is 0.765. The van der Waals surface area contributed by atoms with Crippen LogP contribution in [0.25, 0.3) is 0 Å². The number of nitrogens with one attached hydrogen (secondary N) is 1. The van der Waals surface area contributed by atoms with Gasteiger partial charge in [-0.05, 0) is 20.5 Å². The Hall–Kier alpha value is -1.62. The largest absolute Gasteiger partial charge is 0.361 e. The highest BCUT2D eigenvalue weighted by molar-refractivity contribution is 5.87. The monoisotopic (exact) mass is 265 g/mol. The van der Waals surface area contributed by atoms with Crippen LogP contribution in [0.5, 0.6) is 0 Å². The van der Waals surface area contributed by atoms with E-state index in [1.165, 1.54) is 0 Å². The highest BCUT2D eigenvalue weighted by Gasteiger charge is 2.13. The molecule has 1 rings (SSSR count). The highest BCUT2D eigenvalue weighted by Crippen LogP contribution is 2.15. The standard InChI is InChI=1S/C14H23N3O2/c1-5-12-11(13(6-2)19-16-12)10-15-14(18)8-7-9-17(3)4/h7-8H,5-6,9-10H2,1-4H3,(H,15,18)/b8-7+. The van der Waals surface area contributed by atoms with Crippen LogP contribution in [0.4, 0.5) is 0 Å². The van der Waals surface area contributed by atoms with Gasteiger partial charge in [-0.15, -0.1) is 0 Å². The van der Waals surface area contributed by atoms with Crippen molar-refractivity contribution in [3.8, 4) is 0 Å². The van der Waals surface area contributed by atoms with Crippen molar-refractivity contribution in [3.05, 3.63) is 29.2 Å². The molecule has 0 atom stereocenters. The summed E-state index contributed by atoms with van der Waals surface area (Å²) < 4.78 is 5.25. The Morgan fingerprint density at radius 3 is 2.68 bits per heavy atom. The minimum Gasteiger partial charge on any atom is -0.361 e. The molecule has 0 saturated carbocycles. The zero-order chi connectivity index (χ0) is 14.3. The summed E-state index contributed by atoms with van der Waals surface area (Å²) in [7, 11) is 3.92. The molecular formula is C14H23N3O2. The van der Waals surface area contributed by atoms with Gasteiger partial charge in [0.2, 0.25) is 5.91 Å². The Labute approximate surface area is 114 Å². The number of nitrogens with zero attached hydrogens (tertiary/aromatic N) is 2. The first-order chi connectivity index (χ1) is 9.08. The fourth-order valence-electron chi connectivity index (χ4n) is 1.74. The second-order valence-corrected chi connectivity index (χ2v) is 4.62. The average molecular weight is 265 g/mol. The van der Waals surface area contributed by atoms with Crippen LogP contribution in [-0.2, 0) is 24.2 Å². The molecule has 106 valence electrons. The van der Waals surface area contributed by atoms with Crippen LogP contribution in [0.1, 0.15) is 30.9 Å².